The standard InChI is InChI=1S/C16H20N6OS/c1-11-5-8-21(9-6-11)14-12(10-18-20-16(17)24)15(23)22-7-3-2-4-13(22)19-14/h2-4,7,10-11H,5-6,8-9H2,1H3,(H3,17,20,24). The lowest BCUT2D eigenvalue weighted by atomic mass is 9.99. The Kier molecular flexibility index (Phi) is 4.75. The Morgan fingerprint density at radius 2 is 2.21 bits per heavy atom. The summed E-state index contributed by atoms with van der Waals surface area (Å²) >= 11 is 4.74. The molecule has 0 amide bonds. The maximum Gasteiger partial charge on any atom is 0.268 e. The van der Waals surface area contributed by atoms with Gasteiger partial charge in [-0.15, -0.1) is 0 Å². The molecule has 0 spiro atoms. The van der Waals surface area contributed by atoms with Crippen LogP contribution in [0.4, 0.5) is 5.82 Å². The maximum atomic E-state index is 12.8. The number of aromatic nitrogens is 2. The molecule has 0 atom stereocenters. The van der Waals surface area contributed by atoms with E-state index in [0.717, 1.165) is 25.9 Å². The number of nitrogens with zero attached hydrogens (tertiary/aromatic N) is 4. The van der Waals surface area contributed by atoms with Crippen LogP contribution in [0.15, 0.2) is 34.3 Å². The topological polar surface area (TPSA) is 88.0 Å². The van der Waals surface area contributed by atoms with E-state index in [4.69, 9.17) is 18.0 Å². The molecule has 0 unspecified atom stereocenters. The molecule has 3 heterocycles. The molecule has 0 saturated carbocycles. The number of nitrogens with one attached hydrogen (secondary N) is 1. The second-order valence-electron chi connectivity index (χ2n) is 5.99. The highest BCUT2D eigenvalue weighted by atomic mass is 32.1. The van der Waals surface area contributed by atoms with E-state index in [-0.39, 0.29) is 10.7 Å². The predicted molar refractivity (Wildman–Crippen MR) is 99.6 cm³/mol. The van der Waals surface area contributed by atoms with Crippen molar-refractivity contribution in [3.8, 4) is 0 Å². The first-order chi connectivity index (χ1) is 11.6. The SMILES string of the molecule is CC1CCN(c2nc3ccccn3c(=O)c2C=NNC(N)=S)CC1. The molecule has 7 nitrogen and oxygen atoms in total. The molecule has 1 fully saturated rings. The Bertz CT molecular complexity index is 838. The van der Waals surface area contributed by atoms with Crippen molar-refractivity contribution < 1.29 is 0 Å². The summed E-state index contributed by atoms with van der Waals surface area (Å²) in [4.78, 5) is 19.7. The molecule has 1 saturated heterocycles. The first-order valence-corrected chi connectivity index (χ1v) is 8.32. The highest BCUT2D eigenvalue weighted by molar-refractivity contribution is 7.80. The average Bonchev–Trinajstić information content (AvgIpc) is 2.57. The number of hydrogen-bond donors (Lipinski definition) is 2. The lowest BCUT2D eigenvalue weighted by Crippen LogP contribution is -2.36. The van der Waals surface area contributed by atoms with E-state index in [9.17, 15) is 4.79 Å². The summed E-state index contributed by atoms with van der Waals surface area (Å²) in [5.74, 6) is 1.35. The van der Waals surface area contributed by atoms with Crippen molar-refractivity contribution in [2.45, 2.75) is 19.8 Å². The number of rotatable bonds is 3. The third kappa shape index (κ3) is 3.38. The highest BCUT2D eigenvalue weighted by Crippen LogP contribution is 2.23. The average molecular weight is 344 g/mol. The molecular weight excluding hydrogens is 324 g/mol. The Morgan fingerprint density at radius 3 is 2.92 bits per heavy atom. The van der Waals surface area contributed by atoms with E-state index < -0.39 is 0 Å². The molecular formula is C16H20N6OS. The van der Waals surface area contributed by atoms with Gasteiger partial charge in [0.05, 0.1) is 6.21 Å². The Balaban J connectivity index is 2.08. The van der Waals surface area contributed by atoms with Crippen LogP contribution in [0.2, 0.25) is 0 Å². The van der Waals surface area contributed by atoms with E-state index in [1.165, 1.54) is 10.6 Å². The summed E-state index contributed by atoms with van der Waals surface area (Å²) < 4.78 is 1.51. The van der Waals surface area contributed by atoms with Gasteiger partial charge in [-0.05, 0) is 43.1 Å². The van der Waals surface area contributed by atoms with Gasteiger partial charge < -0.3 is 10.6 Å². The quantitative estimate of drug-likeness (QED) is 0.492. The van der Waals surface area contributed by atoms with Gasteiger partial charge in [0, 0.05) is 19.3 Å². The van der Waals surface area contributed by atoms with Crippen LogP contribution in [-0.4, -0.2) is 33.8 Å². The van der Waals surface area contributed by atoms with E-state index >= 15 is 0 Å². The Morgan fingerprint density at radius 1 is 1.46 bits per heavy atom. The lowest BCUT2D eigenvalue weighted by molar-refractivity contribution is 0.436. The summed E-state index contributed by atoms with van der Waals surface area (Å²) in [6.07, 6.45) is 5.31. The van der Waals surface area contributed by atoms with Crippen LogP contribution in [0.25, 0.3) is 5.65 Å². The number of nitrogens with two attached hydrogens (primary N) is 1. The van der Waals surface area contributed by atoms with E-state index in [1.54, 1.807) is 12.3 Å². The first-order valence-electron chi connectivity index (χ1n) is 7.91. The van der Waals surface area contributed by atoms with E-state index in [0.29, 0.717) is 22.9 Å². The molecule has 2 aromatic heterocycles. The molecule has 3 N–H and O–H groups in total. The van der Waals surface area contributed by atoms with Gasteiger partial charge in [0.1, 0.15) is 17.0 Å². The van der Waals surface area contributed by atoms with E-state index in [1.807, 2.05) is 12.1 Å². The van der Waals surface area contributed by atoms with Crippen molar-refractivity contribution in [3.05, 3.63) is 40.3 Å². The summed E-state index contributed by atoms with van der Waals surface area (Å²) in [7, 11) is 0. The number of fused-ring (bicyclic) bond motifs is 1. The Hall–Kier alpha value is -2.48. The zero-order chi connectivity index (χ0) is 17.1. The molecule has 1 aliphatic heterocycles. The molecule has 24 heavy (non-hydrogen) atoms. The van der Waals surface area contributed by atoms with Gasteiger partial charge in [-0.2, -0.15) is 5.10 Å². The van der Waals surface area contributed by atoms with Gasteiger partial charge >= 0.3 is 0 Å². The number of thiocarbonyl (C=S) groups is 1. The van der Waals surface area contributed by atoms with Crippen LogP contribution in [0.5, 0.6) is 0 Å². The van der Waals surface area contributed by atoms with Crippen LogP contribution >= 0.6 is 12.2 Å². The van der Waals surface area contributed by atoms with Gasteiger partial charge in [0.15, 0.2) is 5.11 Å². The minimum atomic E-state index is -0.164. The largest absolute Gasteiger partial charge is 0.375 e. The van der Waals surface area contributed by atoms with Gasteiger partial charge in [0.25, 0.3) is 5.56 Å². The smallest absolute Gasteiger partial charge is 0.268 e. The molecule has 0 aliphatic carbocycles. The second-order valence-corrected chi connectivity index (χ2v) is 6.43. The normalized spacial score (nSPS) is 16.0. The minimum Gasteiger partial charge on any atom is -0.375 e. The second kappa shape index (κ2) is 6.96. The number of hydrogen-bond acceptors (Lipinski definition) is 5. The van der Waals surface area contributed by atoms with Crippen LogP contribution in [0.1, 0.15) is 25.3 Å². The van der Waals surface area contributed by atoms with Crippen molar-refractivity contribution >= 4 is 35.0 Å². The van der Waals surface area contributed by atoms with Crippen molar-refractivity contribution in [2.24, 2.45) is 16.8 Å². The number of pyridine rings is 1. The van der Waals surface area contributed by atoms with Gasteiger partial charge in [0.2, 0.25) is 0 Å². The summed E-state index contributed by atoms with van der Waals surface area (Å²) in [6, 6.07) is 5.49. The molecule has 1 aliphatic rings. The van der Waals surface area contributed by atoms with E-state index in [2.05, 4.69) is 27.3 Å². The molecule has 0 bridgehead atoms. The van der Waals surface area contributed by atoms with Crippen LogP contribution < -0.4 is 21.6 Å². The summed E-state index contributed by atoms with van der Waals surface area (Å²) in [5, 5.41) is 4.01. The molecule has 0 radical (unpaired) electrons. The number of hydrazone groups is 1. The van der Waals surface area contributed by atoms with Crippen LogP contribution in [0.3, 0.4) is 0 Å². The monoisotopic (exact) mass is 344 g/mol. The molecule has 0 aromatic carbocycles. The fourth-order valence-electron chi connectivity index (χ4n) is 2.83. The third-order valence-corrected chi connectivity index (χ3v) is 4.29. The first kappa shape index (κ1) is 16.4. The zero-order valence-corrected chi connectivity index (χ0v) is 14.3. The summed E-state index contributed by atoms with van der Waals surface area (Å²) in [5.41, 5.74) is 8.75. The maximum absolute atomic E-state index is 12.8. The Labute approximate surface area is 145 Å². The predicted octanol–water partition coefficient (Wildman–Crippen LogP) is 1.10. The van der Waals surface area contributed by atoms with Gasteiger partial charge in [-0.1, -0.05) is 13.0 Å². The van der Waals surface area contributed by atoms with Crippen molar-refractivity contribution in [1.82, 2.24) is 14.8 Å². The molecule has 2 aromatic rings. The number of piperidine rings is 1. The van der Waals surface area contributed by atoms with Crippen LogP contribution in [0, 0.1) is 5.92 Å². The fraction of sp³-hybridized carbons (Fsp3) is 0.375. The summed E-state index contributed by atoms with van der Waals surface area (Å²) in [6.45, 7) is 3.99. The van der Waals surface area contributed by atoms with Gasteiger partial charge in [-0.25, -0.2) is 4.98 Å². The third-order valence-electron chi connectivity index (χ3n) is 4.20. The fourth-order valence-corrected chi connectivity index (χ4v) is 2.88. The zero-order valence-electron chi connectivity index (χ0n) is 13.5. The van der Waals surface area contributed by atoms with Crippen molar-refractivity contribution in [1.29, 1.82) is 0 Å². The van der Waals surface area contributed by atoms with Crippen LogP contribution in [-0.2, 0) is 0 Å². The molecule has 8 heteroatoms. The molecule has 3 rings (SSSR count). The van der Waals surface area contributed by atoms with Crippen molar-refractivity contribution in [2.75, 3.05) is 18.0 Å². The van der Waals surface area contributed by atoms with Gasteiger partial charge in [-0.3, -0.25) is 14.6 Å². The van der Waals surface area contributed by atoms with Crippen molar-refractivity contribution in [3.63, 3.8) is 0 Å². The lowest BCUT2D eigenvalue weighted by Gasteiger charge is -2.32. The molecule has 126 valence electrons. The number of anilines is 1. The minimum absolute atomic E-state index is 0.0495. The highest BCUT2D eigenvalue weighted by Gasteiger charge is 2.21.